The van der Waals surface area contributed by atoms with Crippen LogP contribution in [0.2, 0.25) is 10.0 Å². The van der Waals surface area contributed by atoms with Gasteiger partial charge in [-0.15, -0.1) is 0 Å². The van der Waals surface area contributed by atoms with Crippen LogP contribution in [-0.4, -0.2) is 62.4 Å². The van der Waals surface area contributed by atoms with Crippen molar-refractivity contribution < 1.29 is 19.0 Å². The Kier molecular flexibility index (Phi) is 7.22. The van der Waals surface area contributed by atoms with Crippen molar-refractivity contribution in [2.24, 2.45) is 5.92 Å². The van der Waals surface area contributed by atoms with Crippen LogP contribution in [0.4, 0.5) is 11.6 Å². The molecule has 1 amide bonds. The van der Waals surface area contributed by atoms with E-state index < -0.39 is 0 Å². The van der Waals surface area contributed by atoms with E-state index in [2.05, 4.69) is 20.9 Å². The molecule has 0 radical (unpaired) electrons. The first-order chi connectivity index (χ1) is 17.5. The Hall–Kier alpha value is -3.01. The van der Waals surface area contributed by atoms with Gasteiger partial charge in [0.2, 0.25) is 6.41 Å². The summed E-state index contributed by atoms with van der Waals surface area (Å²) >= 11 is 13.4. The molecule has 0 bridgehead atoms. The second-order valence-corrected chi connectivity index (χ2v) is 9.69. The van der Waals surface area contributed by atoms with Gasteiger partial charge in [0.05, 0.1) is 55.3 Å². The van der Waals surface area contributed by atoms with E-state index in [4.69, 9.17) is 42.4 Å². The smallest absolute Gasteiger partial charge is 0.207 e. The van der Waals surface area contributed by atoms with Gasteiger partial charge in [0, 0.05) is 35.1 Å². The van der Waals surface area contributed by atoms with Crippen molar-refractivity contribution in [3.8, 4) is 22.8 Å². The quantitative estimate of drug-likeness (QED) is 0.331. The lowest BCUT2D eigenvalue weighted by Gasteiger charge is -2.20. The van der Waals surface area contributed by atoms with Gasteiger partial charge in [-0.2, -0.15) is 0 Å². The van der Waals surface area contributed by atoms with Crippen LogP contribution in [0.25, 0.3) is 22.0 Å². The first-order valence-corrected chi connectivity index (χ1v) is 12.5. The molecular formula is C25H27Cl2N5O4. The highest BCUT2D eigenvalue weighted by Gasteiger charge is 2.28. The highest BCUT2D eigenvalue weighted by Crippen LogP contribution is 2.46. The predicted molar refractivity (Wildman–Crippen MR) is 141 cm³/mol. The van der Waals surface area contributed by atoms with E-state index in [0.29, 0.717) is 70.0 Å². The van der Waals surface area contributed by atoms with Gasteiger partial charge in [0.25, 0.3) is 0 Å². The Morgan fingerprint density at radius 1 is 1.08 bits per heavy atom. The van der Waals surface area contributed by atoms with Crippen molar-refractivity contribution >= 4 is 52.0 Å². The van der Waals surface area contributed by atoms with Gasteiger partial charge in [-0.3, -0.25) is 4.79 Å². The Morgan fingerprint density at radius 3 is 2.47 bits per heavy atom. The van der Waals surface area contributed by atoms with Crippen molar-refractivity contribution in [1.29, 1.82) is 0 Å². The summed E-state index contributed by atoms with van der Waals surface area (Å²) in [6.45, 7) is 1.75. The molecule has 3 heterocycles. The fourth-order valence-corrected chi connectivity index (χ4v) is 4.99. The van der Waals surface area contributed by atoms with Crippen molar-refractivity contribution in [3.63, 3.8) is 0 Å². The average Bonchev–Trinajstić information content (AvgIpc) is 3.62. The first kappa shape index (κ1) is 24.7. The fraction of sp³-hybridized carbons (Fsp3) is 0.400. The number of hydrogen-bond acceptors (Lipinski definition) is 8. The third-order valence-corrected chi connectivity index (χ3v) is 7.25. The van der Waals surface area contributed by atoms with Crippen LogP contribution < -0.4 is 25.4 Å². The van der Waals surface area contributed by atoms with E-state index in [1.807, 2.05) is 12.1 Å². The highest BCUT2D eigenvalue weighted by molar-refractivity contribution is 6.41. The monoisotopic (exact) mass is 531 g/mol. The Bertz CT molecular complexity index is 1260. The molecule has 190 valence electrons. The number of aromatic nitrogens is 2. The normalized spacial score (nSPS) is 19.2. The van der Waals surface area contributed by atoms with Crippen molar-refractivity contribution in [2.75, 3.05) is 44.6 Å². The maximum Gasteiger partial charge on any atom is 0.207 e. The third kappa shape index (κ3) is 4.96. The van der Waals surface area contributed by atoms with Crippen LogP contribution in [-0.2, 0) is 9.53 Å². The molecule has 2 aliphatic rings. The van der Waals surface area contributed by atoms with Crippen LogP contribution in [0, 0.1) is 5.92 Å². The Balaban J connectivity index is 1.57. The number of carbonyl (C=O) groups excluding carboxylic acids is 1. The number of amides is 1. The molecule has 0 spiro atoms. The SMILES string of the molecule is COc1cc(OC)c(Cl)c(-c2cc3cnc(NC4COCC4NC=O)cc3c(NCC3CC3)n2)c1Cl. The Labute approximate surface area is 218 Å². The molecule has 3 aromatic rings. The van der Waals surface area contributed by atoms with Crippen molar-refractivity contribution in [2.45, 2.75) is 24.9 Å². The van der Waals surface area contributed by atoms with Crippen LogP contribution in [0.5, 0.6) is 11.5 Å². The molecule has 11 heteroatoms. The molecule has 36 heavy (non-hydrogen) atoms. The van der Waals surface area contributed by atoms with E-state index in [9.17, 15) is 4.79 Å². The number of anilines is 2. The summed E-state index contributed by atoms with van der Waals surface area (Å²) in [7, 11) is 3.08. The first-order valence-electron chi connectivity index (χ1n) is 11.7. The van der Waals surface area contributed by atoms with E-state index in [0.717, 1.165) is 17.3 Å². The third-order valence-electron chi connectivity index (χ3n) is 6.50. The summed E-state index contributed by atoms with van der Waals surface area (Å²) in [4.78, 5) is 20.5. The molecule has 2 fully saturated rings. The van der Waals surface area contributed by atoms with E-state index in [1.54, 1.807) is 12.3 Å². The average molecular weight is 532 g/mol. The highest BCUT2D eigenvalue weighted by atomic mass is 35.5. The van der Waals surface area contributed by atoms with Gasteiger partial charge in [-0.25, -0.2) is 9.97 Å². The number of methoxy groups -OCH3 is 2. The standard InChI is InChI=1S/C25H27Cl2N5O4/c1-34-19-7-20(35-2)24(27)22(23(19)26)16-5-14-9-28-21(31-18-11-36-10-17(18)30-12-33)6-15(14)25(32-16)29-8-13-3-4-13/h5-7,9,12-13,17-18H,3-4,8,10-11H2,1-2H3,(H,28,31)(H,29,32)(H,30,33). The zero-order valence-corrected chi connectivity index (χ0v) is 21.4. The van der Waals surface area contributed by atoms with Gasteiger partial charge >= 0.3 is 0 Å². The largest absolute Gasteiger partial charge is 0.495 e. The molecule has 1 saturated carbocycles. The number of rotatable bonds is 10. The number of halogens is 2. The molecular weight excluding hydrogens is 505 g/mol. The zero-order chi connectivity index (χ0) is 25.2. The van der Waals surface area contributed by atoms with Gasteiger partial charge in [-0.05, 0) is 30.9 Å². The molecule has 5 rings (SSSR count). The maximum atomic E-state index is 10.9. The number of pyridine rings is 2. The molecule has 2 unspecified atom stereocenters. The Morgan fingerprint density at radius 2 is 1.81 bits per heavy atom. The van der Waals surface area contributed by atoms with Gasteiger partial charge < -0.3 is 30.2 Å². The molecule has 3 N–H and O–H groups in total. The van der Waals surface area contributed by atoms with Crippen LogP contribution in [0.3, 0.4) is 0 Å². The van der Waals surface area contributed by atoms with Crippen LogP contribution >= 0.6 is 23.2 Å². The summed E-state index contributed by atoms with van der Waals surface area (Å²) < 4.78 is 16.4. The number of nitrogens with one attached hydrogen (secondary N) is 3. The summed E-state index contributed by atoms with van der Waals surface area (Å²) in [5.74, 6) is 2.90. The lowest BCUT2D eigenvalue weighted by Crippen LogP contribution is -2.42. The molecule has 1 aliphatic carbocycles. The minimum atomic E-state index is -0.125. The second kappa shape index (κ2) is 10.5. The molecule has 1 aliphatic heterocycles. The van der Waals surface area contributed by atoms with E-state index >= 15 is 0 Å². The minimum absolute atomic E-state index is 0.0860. The summed E-state index contributed by atoms with van der Waals surface area (Å²) in [6, 6.07) is 5.29. The van der Waals surface area contributed by atoms with Crippen molar-refractivity contribution in [3.05, 3.63) is 34.4 Å². The second-order valence-electron chi connectivity index (χ2n) is 8.93. The molecule has 9 nitrogen and oxygen atoms in total. The van der Waals surface area contributed by atoms with E-state index in [1.165, 1.54) is 27.1 Å². The van der Waals surface area contributed by atoms with Crippen LogP contribution in [0.15, 0.2) is 24.4 Å². The number of benzene rings is 1. The topological polar surface area (TPSA) is 107 Å². The lowest BCUT2D eigenvalue weighted by atomic mass is 10.1. The summed E-state index contributed by atoms with van der Waals surface area (Å²) in [5, 5.41) is 12.1. The number of nitrogens with zero attached hydrogens (tertiary/aromatic N) is 2. The van der Waals surface area contributed by atoms with Crippen molar-refractivity contribution in [1.82, 2.24) is 15.3 Å². The number of ether oxygens (including phenoxy) is 3. The molecule has 1 saturated heterocycles. The zero-order valence-electron chi connectivity index (χ0n) is 19.9. The fourth-order valence-electron chi connectivity index (χ4n) is 4.30. The minimum Gasteiger partial charge on any atom is -0.495 e. The van der Waals surface area contributed by atoms with Gasteiger partial charge in [-0.1, -0.05) is 23.2 Å². The number of hydrogen-bond donors (Lipinski definition) is 3. The molecule has 2 aromatic heterocycles. The van der Waals surface area contributed by atoms with Gasteiger partial charge in [0.15, 0.2) is 0 Å². The predicted octanol–water partition coefficient (Wildman–Crippen LogP) is 4.37. The van der Waals surface area contributed by atoms with Gasteiger partial charge in [0.1, 0.15) is 23.1 Å². The van der Waals surface area contributed by atoms with E-state index in [-0.39, 0.29) is 12.1 Å². The number of carbonyl (C=O) groups is 1. The number of fused-ring (bicyclic) bond motifs is 1. The lowest BCUT2D eigenvalue weighted by molar-refractivity contribution is -0.110. The maximum absolute atomic E-state index is 10.9. The van der Waals surface area contributed by atoms with Crippen LogP contribution in [0.1, 0.15) is 12.8 Å². The summed E-state index contributed by atoms with van der Waals surface area (Å²) in [5.41, 5.74) is 1.11. The molecule has 2 atom stereocenters. The summed E-state index contributed by atoms with van der Waals surface area (Å²) in [6.07, 6.45) is 4.88. The molecule has 1 aromatic carbocycles.